The molecule has 4 rings (SSSR count). The largest absolute Gasteiger partial charge is 0.367 e. The maximum Gasteiger partial charge on any atom is 0.0405 e. The number of hydrogen-bond acceptors (Lipinski definition) is 2. The molecule has 0 N–H and O–H groups in total. The quantitative estimate of drug-likeness (QED) is 0.804. The Balaban J connectivity index is 1.62. The molecule has 2 nitrogen and oxygen atoms in total. The highest BCUT2D eigenvalue weighted by molar-refractivity contribution is 5.63. The van der Waals surface area contributed by atoms with E-state index < -0.39 is 0 Å². The molecule has 0 amide bonds. The third-order valence-electron chi connectivity index (χ3n) is 5.66. The molecule has 1 fully saturated rings. The number of rotatable bonds is 3. The monoisotopic (exact) mass is 306 g/mol. The Hall–Kier alpha value is -1.83. The fourth-order valence-corrected chi connectivity index (χ4v) is 4.52. The Morgan fingerprint density at radius 3 is 2.74 bits per heavy atom. The van der Waals surface area contributed by atoms with Gasteiger partial charge in [0, 0.05) is 36.6 Å². The lowest BCUT2D eigenvalue weighted by Gasteiger charge is -2.29. The van der Waals surface area contributed by atoms with Crippen LogP contribution in [-0.2, 0) is 6.42 Å². The third-order valence-corrected chi connectivity index (χ3v) is 5.66. The van der Waals surface area contributed by atoms with E-state index in [0.29, 0.717) is 0 Å². The molecule has 2 aromatic rings. The van der Waals surface area contributed by atoms with E-state index in [1.807, 2.05) is 12.4 Å². The number of anilines is 1. The number of aryl methyl sites for hydroxylation is 1. The molecule has 2 heteroatoms. The van der Waals surface area contributed by atoms with Gasteiger partial charge in [-0.15, -0.1) is 0 Å². The Bertz CT molecular complexity index is 665. The summed E-state index contributed by atoms with van der Waals surface area (Å²) in [6, 6.07) is 12.1. The first-order valence-corrected chi connectivity index (χ1v) is 9.09. The zero-order chi connectivity index (χ0) is 15.6. The molecule has 23 heavy (non-hydrogen) atoms. The van der Waals surface area contributed by atoms with Gasteiger partial charge in [-0.05, 0) is 55.5 Å². The molecule has 120 valence electrons. The smallest absolute Gasteiger partial charge is 0.0405 e. The first-order chi connectivity index (χ1) is 11.3. The van der Waals surface area contributed by atoms with Crippen molar-refractivity contribution in [3.63, 3.8) is 0 Å². The minimum Gasteiger partial charge on any atom is -0.367 e. The molecule has 1 aromatic heterocycles. The normalized spacial score (nSPS) is 23.3. The van der Waals surface area contributed by atoms with Crippen molar-refractivity contribution in [3.8, 4) is 0 Å². The Kier molecular flexibility index (Phi) is 4.07. The molecule has 2 aliphatic rings. The van der Waals surface area contributed by atoms with Crippen molar-refractivity contribution in [2.24, 2.45) is 0 Å². The highest BCUT2D eigenvalue weighted by Gasteiger charge is 2.38. The molecule has 1 aliphatic carbocycles. The fraction of sp³-hybridized carbons (Fsp3) is 0.476. The van der Waals surface area contributed by atoms with Crippen molar-refractivity contribution in [1.82, 2.24) is 4.98 Å². The number of fused-ring (bicyclic) bond motifs is 3. The van der Waals surface area contributed by atoms with E-state index in [0.717, 1.165) is 24.9 Å². The molecule has 0 unspecified atom stereocenters. The molecular formula is C21H26N2. The van der Waals surface area contributed by atoms with Gasteiger partial charge in [0.1, 0.15) is 0 Å². The topological polar surface area (TPSA) is 16.1 Å². The second-order valence-electron chi connectivity index (χ2n) is 7.17. The summed E-state index contributed by atoms with van der Waals surface area (Å²) < 4.78 is 0. The summed E-state index contributed by atoms with van der Waals surface area (Å²) in [4.78, 5) is 6.85. The molecular weight excluding hydrogens is 280 g/mol. The van der Waals surface area contributed by atoms with Crippen LogP contribution in [0.25, 0.3) is 0 Å². The first kappa shape index (κ1) is 14.7. The van der Waals surface area contributed by atoms with Gasteiger partial charge in [-0.2, -0.15) is 0 Å². The summed E-state index contributed by atoms with van der Waals surface area (Å²) in [6.45, 7) is 3.35. The predicted octanol–water partition coefficient (Wildman–Crippen LogP) is 4.87. The minimum atomic E-state index is 0.719. The molecule has 1 saturated carbocycles. The number of hydrogen-bond donors (Lipinski definition) is 0. The summed E-state index contributed by atoms with van der Waals surface area (Å²) in [6.07, 6.45) is 11.8. The molecule has 0 bridgehead atoms. The van der Waals surface area contributed by atoms with Gasteiger partial charge in [0.15, 0.2) is 0 Å². The average Bonchev–Trinajstić information content (AvgIpc) is 2.73. The third kappa shape index (κ3) is 2.87. The summed E-state index contributed by atoms with van der Waals surface area (Å²) in [5.74, 6) is 0.754. The number of nitrogens with zero attached hydrogens (tertiary/aromatic N) is 2. The molecule has 0 radical (unpaired) electrons. The van der Waals surface area contributed by atoms with E-state index in [1.165, 1.54) is 48.9 Å². The zero-order valence-corrected chi connectivity index (χ0v) is 14.0. The van der Waals surface area contributed by atoms with Crippen LogP contribution in [0, 0.1) is 6.92 Å². The fourth-order valence-electron chi connectivity index (χ4n) is 4.52. The van der Waals surface area contributed by atoms with E-state index in [9.17, 15) is 0 Å². The van der Waals surface area contributed by atoms with Crippen LogP contribution >= 0.6 is 0 Å². The maximum absolute atomic E-state index is 4.14. The summed E-state index contributed by atoms with van der Waals surface area (Å²) >= 11 is 0. The van der Waals surface area contributed by atoms with Crippen molar-refractivity contribution in [1.29, 1.82) is 0 Å². The van der Waals surface area contributed by atoms with Gasteiger partial charge in [-0.1, -0.05) is 37.0 Å². The van der Waals surface area contributed by atoms with Crippen LogP contribution in [0.3, 0.4) is 0 Å². The minimum absolute atomic E-state index is 0.719. The van der Waals surface area contributed by atoms with E-state index >= 15 is 0 Å². The number of benzene rings is 1. The van der Waals surface area contributed by atoms with Crippen molar-refractivity contribution in [3.05, 3.63) is 59.4 Å². The molecule has 2 heterocycles. The molecule has 0 saturated heterocycles. The van der Waals surface area contributed by atoms with Gasteiger partial charge in [-0.3, -0.25) is 4.98 Å². The lowest BCUT2D eigenvalue weighted by molar-refractivity contribution is 0.498. The van der Waals surface area contributed by atoms with Crippen LogP contribution < -0.4 is 4.90 Å². The number of pyridine rings is 1. The van der Waals surface area contributed by atoms with Crippen LogP contribution in [0.15, 0.2) is 42.7 Å². The van der Waals surface area contributed by atoms with Gasteiger partial charge in [0.05, 0.1) is 0 Å². The highest BCUT2D eigenvalue weighted by atomic mass is 15.2. The van der Waals surface area contributed by atoms with Crippen molar-refractivity contribution in [2.45, 2.75) is 57.4 Å². The van der Waals surface area contributed by atoms with Gasteiger partial charge in [0.25, 0.3) is 0 Å². The zero-order valence-electron chi connectivity index (χ0n) is 14.0. The molecule has 1 aliphatic heterocycles. The highest BCUT2D eigenvalue weighted by Crippen LogP contribution is 2.47. The van der Waals surface area contributed by atoms with Crippen LogP contribution in [0.5, 0.6) is 0 Å². The predicted molar refractivity (Wildman–Crippen MR) is 96.1 cm³/mol. The van der Waals surface area contributed by atoms with Crippen molar-refractivity contribution >= 4 is 5.69 Å². The summed E-state index contributed by atoms with van der Waals surface area (Å²) in [7, 11) is 0. The van der Waals surface area contributed by atoms with Gasteiger partial charge >= 0.3 is 0 Å². The van der Waals surface area contributed by atoms with Gasteiger partial charge in [-0.25, -0.2) is 0 Å². The summed E-state index contributed by atoms with van der Waals surface area (Å²) in [5, 5.41) is 0. The van der Waals surface area contributed by atoms with Crippen LogP contribution in [0.4, 0.5) is 5.69 Å². The second kappa shape index (κ2) is 6.35. The Labute approximate surface area is 139 Å². The lowest BCUT2D eigenvalue weighted by Crippen LogP contribution is -2.35. The second-order valence-corrected chi connectivity index (χ2v) is 7.17. The van der Waals surface area contributed by atoms with E-state index in [-0.39, 0.29) is 0 Å². The average molecular weight is 306 g/mol. The number of aromatic nitrogens is 1. The van der Waals surface area contributed by atoms with E-state index in [2.05, 4.69) is 47.1 Å². The molecule has 2 atom stereocenters. The Morgan fingerprint density at radius 1 is 1.04 bits per heavy atom. The first-order valence-electron chi connectivity index (χ1n) is 9.09. The van der Waals surface area contributed by atoms with Crippen molar-refractivity contribution in [2.75, 3.05) is 11.4 Å². The SMILES string of the molecule is Cc1ccc2c(c1)[C@@H]1CCCCC[C@@H]1N2CCc1ccncc1. The Morgan fingerprint density at radius 2 is 1.87 bits per heavy atom. The summed E-state index contributed by atoms with van der Waals surface area (Å²) in [5.41, 5.74) is 5.92. The van der Waals surface area contributed by atoms with E-state index in [1.54, 1.807) is 5.56 Å². The molecule has 1 aromatic carbocycles. The van der Waals surface area contributed by atoms with Crippen LogP contribution in [0.1, 0.15) is 54.7 Å². The van der Waals surface area contributed by atoms with E-state index in [4.69, 9.17) is 0 Å². The standard InChI is InChI=1S/C21H26N2/c1-16-7-8-21-19(15-16)18-5-3-2-4-6-20(18)23(21)14-11-17-9-12-22-13-10-17/h7-10,12-13,15,18,20H,2-6,11,14H2,1H3/t18-,20-/m0/s1. The lowest BCUT2D eigenvalue weighted by atomic mass is 9.90. The van der Waals surface area contributed by atoms with Gasteiger partial charge < -0.3 is 4.90 Å². The maximum atomic E-state index is 4.14. The molecule has 0 spiro atoms. The van der Waals surface area contributed by atoms with Crippen molar-refractivity contribution < 1.29 is 0 Å². The van der Waals surface area contributed by atoms with Crippen LogP contribution in [0.2, 0.25) is 0 Å². The van der Waals surface area contributed by atoms with Gasteiger partial charge in [0.2, 0.25) is 0 Å². The van der Waals surface area contributed by atoms with Crippen LogP contribution in [-0.4, -0.2) is 17.6 Å².